The predicted octanol–water partition coefficient (Wildman–Crippen LogP) is 4.24. The van der Waals surface area contributed by atoms with Gasteiger partial charge in [-0.05, 0) is 55.2 Å². The van der Waals surface area contributed by atoms with Crippen LogP contribution in [0.3, 0.4) is 0 Å². The minimum Gasteiger partial charge on any atom is -0.491 e. The lowest BCUT2D eigenvalue weighted by Crippen LogP contribution is -2.17. The molecular weight excluding hydrogens is 358 g/mol. The first-order valence-electron chi connectivity index (χ1n) is 9.40. The van der Waals surface area contributed by atoms with Crippen LogP contribution in [0.15, 0.2) is 34.1 Å². The van der Waals surface area contributed by atoms with Crippen molar-refractivity contribution < 1.29 is 4.74 Å². The minimum atomic E-state index is -0.125. The van der Waals surface area contributed by atoms with E-state index in [4.69, 9.17) is 9.72 Å². The highest BCUT2D eigenvalue weighted by Crippen LogP contribution is 2.37. The Labute approximate surface area is 163 Å². The van der Waals surface area contributed by atoms with Crippen molar-refractivity contribution in [1.29, 1.82) is 0 Å². The van der Waals surface area contributed by atoms with Gasteiger partial charge in [0.2, 0.25) is 0 Å². The van der Waals surface area contributed by atoms with E-state index in [-0.39, 0.29) is 5.56 Å². The van der Waals surface area contributed by atoms with Gasteiger partial charge in [0, 0.05) is 30.2 Å². The normalized spacial score (nSPS) is 14.1. The van der Waals surface area contributed by atoms with Crippen molar-refractivity contribution in [3.63, 3.8) is 0 Å². The predicted molar refractivity (Wildman–Crippen MR) is 111 cm³/mol. The number of benzene rings is 1. The molecule has 142 valence electrons. The molecule has 1 saturated carbocycles. The summed E-state index contributed by atoms with van der Waals surface area (Å²) in [4.78, 5) is 18.2. The van der Waals surface area contributed by atoms with Crippen molar-refractivity contribution >= 4 is 22.8 Å². The van der Waals surface area contributed by atoms with Gasteiger partial charge in [0.25, 0.3) is 5.56 Å². The topological polar surface area (TPSA) is 49.1 Å². The molecule has 1 fully saturated rings. The summed E-state index contributed by atoms with van der Waals surface area (Å²) in [5, 5.41) is 0. The van der Waals surface area contributed by atoms with E-state index in [2.05, 4.69) is 30.5 Å². The van der Waals surface area contributed by atoms with Crippen molar-refractivity contribution in [2.45, 2.75) is 38.1 Å². The monoisotopic (exact) mass is 383 g/mol. The number of ether oxygens (including phenoxy) is 1. The summed E-state index contributed by atoms with van der Waals surface area (Å²) in [6, 6.07) is 6.22. The smallest absolute Gasteiger partial charge is 0.292 e. The van der Waals surface area contributed by atoms with E-state index >= 15 is 0 Å². The lowest BCUT2D eigenvalue weighted by atomic mass is 10.1. The minimum absolute atomic E-state index is 0.125. The SMILES string of the molecule is CCSc1cc(-c2cc(OC)c(=O)n(C)c2)cc2c1nc(C)n2CC1CC1. The van der Waals surface area contributed by atoms with Crippen LogP contribution in [0.4, 0.5) is 0 Å². The molecule has 3 aromatic rings. The molecule has 1 aliphatic carbocycles. The van der Waals surface area contributed by atoms with Gasteiger partial charge >= 0.3 is 0 Å². The molecule has 0 saturated heterocycles. The number of thioether (sulfide) groups is 1. The van der Waals surface area contributed by atoms with Gasteiger partial charge in [-0.3, -0.25) is 4.79 Å². The molecule has 0 unspecified atom stereocenters. The molecule has 2 heterocycles. The lowest BCUT2D eigenvalue weighted by molar-refractivity contribution is 0.405. The number of hydrogen-bond acceptors (Lipinski definition) is 4. The molecule has 0 radical (unpaired) electrons. The van der Waals surface area contributed by atoms with Gasteiger partial charge in [0.05, 0.1) is 12.6 Å². The van der Waals surface area contributed by atoms with Crippen LogP contribution in [-0.4, -0.2) is 27.0 Å². The van der Waals surface area contributed by atoms with Gasteiger partial charge in [0.15, 0.2) is 5.75 Å². The van der Waals surface area contributed by atoms with Crippen LogP contribution in [0.5, 0.6) is 5.75 Å². The highest BCUT2D eigenvalue weighted by Gasteiger charge is 2.24. The third kappa shape index (κ3) is 3.38. The first kappa shape index (κ1) is 18.2. The Hall–Kier alpha value is -2.21. The summed E-state index contributed by atoms with van der Waals surface area (Å²) in [6.45, 7) is 5.29. The Morgan fingerprint density at radius 2 is 2.04 bits per heavy atom. The third-order valence-corrected chi connectivity index (χ3v) is 6.06. The zero-order valence-electron chi connectivity index (χ0n) is 16.3. The molecule has 0 atom stereocenters. The Balaban J connectivity index is 1.92. The van der Waals surface area contributed by atoms with Crippen LogP contribution < -0.4 is 10.3 Å². The second kappa shape index (κ2) is 7.08. The average Bonchev–Trinajstić information content (AvgIpc) is 3.41. The van der Waals surface area contributed by atoms with E-state index in [0.717, 1.165) is 40.7 Å². The van der Waals surface area contributed by atoms with E-state index < -0.39 is 0 Å². The standard InChI is InChI=1S/C21H25N3O2S/c1-5-27-19-10-15(16-9-18(26-4)21(25)23(3)12-16)8-17-20(19)22-13(2)24(17)11-14-6-7-14/h8-10,12,14H,5-7,11H2,1-4H3. The summed E-state index contributed by atoms with van der Waals surface area (Å²) < 4.78 is 9.22. The second-order valence-electron chi connectivity index (χ2n) is 7.20. The third-order valence-electron chi connectivity index (χ3n) is 5.15. The molecule has 0 spiro atoms. The van der Waals surface area contributed by atoms with Crippen molar-refractivity contribution in [2.24, 2.45) is 13.0 Å². The van der Waals surface area contributed by atoms with Crippen molar-refractivity contribution in [3.05, 3.63) is 40.6 Å². The van der Waals surface area contributed by atoms with Crippen LogP contribution in [0, 0.1) is 12.8 Å². The number of hydrogen-bond donors (Lipinski definition) is 0. The number of fused-ring (bicyclic) bond motifs is 1. The van der Waals surface area contributed by atoms with Gasteiger partial charge in [0.1, 0.15) is 11.3 Å². The highest BCUT2D eigenvalue weighted by atomic mass is 32.2. The van der Waals surface area contributed by atoms with Gasteiger partial charge in [-0.2, -0.15) is 0 Å². The number of aryl methyl sites for hydroxylation is 2. The Morgan fingerprint density at radius 1 is 1.26 bits per heavy atom. The molecule has 6 heteroatoms. The van der Waals surface area contributed by atoms with Gasteiger partial charge in [-0.15, -0.1) is 11.8 Å². The molecule has 2 aromatic heterocycles. The number of methoxy groups -OCH3 is 1. The molecule has 0 N–H and O–H groups in total. The zero-order chi connectivity index (χ0) is 19.1. The molecule has 0 aliphatic heterocycles. The maximum absolute atomic E-state index is 12.2. The molecule has 27 heavy (non-hydrogen) atoms. The van der Waals surface area contributed by atoms with E-state index in [0.29, 0.717) is 5.75 Å². The number of aromatic nitrogens is 3. The van der Waals surface area contributed by atoms with Crippen LogP contribution in [0.25, 0.3) is 22.2 Å². The van der Waals surface area contributed by atoms with Gasteiger partial charge < -0.3 is 13.9 Å². The van der Waals surface area contributed by atoms with Gasteiger partial charge in [-0.1, -0.05) is 6.92 Å². The maximum Gasteiger partial charge on any atom is 0.292 e. The highest BCUT2D eigenvalue weighted by molar-refractivity contribution is 7.99. The van der Waals surface area contributed by atoms with E-state index in [1.54, 1.807) is 11.6 Å². The second-order valence-corrected chi connectivity index (χ2v) is 8.51. The maximum atomic E-state index is 12.2. The molecule has 0 bridgehead atoms. The summed E-state index contributed by atoms with van der Waals surface area (Å²) in [5.41, 5.74) is 4.20. The van der Waals surface area contributed by atoms with E-state index in [1.165, 1.54) is 30.4 Å². The fourth-order valence-corrected chi connectivity index (χ4v) is 4.32. The van der Waals surface area contributed by atoms with Crippen molar-refractivity contribution in [1.82, 2.24) is 14.1 Å². The first-order valence-corrected chi connectivity index (χ1v) is 10.4. The quantitative estimate of drug-likeness (QED) is 0.598. The number of pyridine rings is 1. The molecule has 1 aliphatic rings. The summed E-state index contributed by atoms with van der Waals surface area (Å²) in [6.07, 6.45) is 4.50. The number of imidazole rings is 1. The average molecular weight is 384 g/mol. The first-order chi connectivity index (χ1) is 13.0. The van der Waals surface area contributed by atoms with E-state index in [9.17, 15) is 4.79 Å². The molecule has 0 amide bonds. The lowest BCUT2D eigenvalue weighted by Gasteiger charge is -2.11. The van der Waals surface area contributed by atoms with Crippen LogP contribution in [0.2, 0.25) is 0 Å². The molecule has 1 aromatic carbocycles. The Kier molecular flexibility index (Phi) is 4.76. The Morgan fingerprint density at radius 3 is 2.70 bits per heavy atom. The summed E-state index contributed by atoms with van der Waals surface area (Å²) in [7, 11) is 3.30. The summed E-state index contributed by atoms with van der Waals surface area (Å²) >= 11 is 1.81. The zero-order valence-corrected chi connectivity index (χ0v) is 17.1. The molecule has 5 nitrogen and oxygen atoms in total. The van der Waals surface area contributed by atoms with Crippen LogP contribution >= 0.6 is 11.8 Å². The van der Waals surface area contributed by atoms with Crippen molar-refractivity contribution in [2.75, 3.05) is 12.9 Å². The van der Waals surface area contributed by atoms with Crippen LogP contribution in [-0.2, 0) is 13.6 Å². The van der Waals surface area contributed by atoms with Crippen molar-refractivity contribution in [3.8, 4) is 16.9 Å². The molecular formula is C21H25N3O2S. The Bertz CT molecular complexity index is 1060. The largest absolute Gasteiger partial charge is 0.491 e. The fraction of sp³-hybridized carbons (Fsp3) is 0.429. The fourth-order valence-electron chi connectivity index (χ4n) is 3.51. The number of nitrogens with zero attached hydrogens (tertiary/aromatic N) is 3. The van der Waals surface area contributed by atoms with E-state index in [1.807, 2.05) is 24.0 Å². The van der Waals surface area contributed by atoms with Crippen LogP contribution in [0.1, 0.15) is 25.6 Å². The number of rotatable bonds is 6. The molecule has 4 rings (SSSR count). The summed E-state index contributed by atoms with van der Waals surface area (Å²) in [5.74, 6) is 3.21. The van der Waals surface area contributed by atoms with Gasteiger partial charge in [-0.25, -0.2) is 4.98 Å².